The summed E-state index contributed by atoms with van der Waals surface area (Å²) in [6, 6.07) is 36.3. The lowest BCUT2D eigenvalue weighted by Gasteiger charge is -2.22. The molecule has 0 spiro atoms. The van der Waals surface area contributed by atoms with Gasteiger partial charge in [-0.25, -0.2) is 0 Å². The van der Waals surface area contributed by atoms with E-state index >= 15 is 0 Å². The van der Waals surface area contributed by atoms with Gasteiger partial charge in [-0.1, -0.05) is 66.7 Å². The molecule has 0 amide bonds. The van der Waals surface area contributed by atoms with Crippen molar-refractivity contribution in [3.8, 4) is 28.3 Å². The Bertz CT molecular complexity index is 1600. The van der Waals surface area contributed by atoms with Gasteiger partial charge in [-0.05, 0) is 47.3 Å². The molecular weight excluding hydrogens is 366 g/mol. The van der Waals surface area contributed by atoms with E-state index in [0.29, 0.717) is 0 Å². The summed E-state index contributed by atoms with van der Waals surface area (Å²) in [5, 5.41) is 4.78. The molecule has 0 bridgehead atoms. The highest BCUT2D eigenvalue weighted by Gasteiger charge is 2.25. The van der Waals surface area contributed by atoms with E-state index in [9.17, 15) is 0 Å². The molecule has 0 radical (unpaired) electrons. The average Bonchev–Trinajstić information content (AvgIpc) is 3.15. The van der Waals surface area contributed by atoms with Crippen molar-refractivity contribution >= 4 is 32.6 Å². The van der Waals surface area contributed by atoms with E-state index in [-0.39, 0.29) is 0 Å². The number of hydrogen-bond donors (Lipinski definition) is 0. The summed E-state index contributed by atoms with van der Waals surface area (Å²) in [5.41, 5.74) is 5.90. The summed E-state index contributed by atoms with van der Waals surface area (Å²) >= 11 is 0. The van der Waals surface area contributed by atoms with Gasteiger partial charge in [-0.3, -0.25) is 0 Å². The van der Waals surface area contributed by atoms with Crippen LogP contribution in [0.3, 0.4) is 0 Å². The zero-order valence-electron chi connectivity index (χ0n) is 16.2. The maximum atomic E-state index is 6.61. The van der Waals surface area contributed by atoms with Crippen molar-refractivity contribution in [2.24, 2.45) is 0 Å². The van der Waals surface area contributed by atoms with E-state index in [1.54, 1.807) is 0 Å². The second-order valence-corrected chi connectivity index (χ2v) is 7.79. The van der Waals surface area contributed by atoms with Crippen LogP contribution in [0.4, 0.5) is 0 Å². The first-order valence-corrected chi connectivity index (χ1v) is 10.2. The molecule has 30 heavy (non-hydrogen) atoms. The normalized spacial score (nSPS) is 12.3. The van der Waals surface area contributed by atoms with Crippen LogP contribution < -0.4 is 4.74 Å². The first kappa shape index (κ1) is 15.8. The molecule has 0 aliphatic carbocycles. The maximum absolute atomic E-state index is 6.61. The third kappa shape index (κ3) is 1.98. The van der Waals surface area contributed by atoms with Crippen LogP contribution in [0.5, 0.6) is 11.5 Å². The van der Waals surface area contributed by atoms with Gasteiger partial charge in [0.05, 0.1) is 16.4 Å². The van der Waals surface area contributed by atoms with Gasteiger partial charge in [0.15, 0.2) is 0 Å². The van der Waals surface area contributed by atoms with Crippen LogP contribution in [-0.4, -0.2) is 4.57 Å². The smallest absolute Gasteiger partial charge is 0.145 e. The van der Waals surface area contributed by atoms with E-state index in [1.165, 1.54) is 32.6 Å². The second-order valence-electron chi connectivity index (χ2n) is 7.79. The van der Waals surface area contributed by atoms with E-state index < -0.39 is 0 Å². The van der Waals surface area contributed by atoms with Crippen molar-refractivity contribution in [3.63, 3.8) is 0 Å². The number of fused-ring (bicyclic) bond motifs is 6. The number of ether oxygens (including phenoxy) is 1. The molecule has 1 aliphatic heterocycles. The molecule has 6 aromatic rings. The van der Waals surface area contributed by atoms with E-state index in [1.807, 2.05) is 0 Å². The largest absolute Gasteiger partial charge is 0.455 e. The highest BCUT2D eigenvalue weighted by atomic mass is 16.5. The van der Waals surface area contributed by atoms with Gasteiger partial charge in [-0.15, -0.1) is 0 Å². The number of rotatable bonds is 1. The number of hydrogen-bond acceptors (Lipinski definition) is 1. The Hall–Kier alpha value is -4.04. The molecule has 2 nitrogen and oxygen atoms in total. The van der Waals surface area contributed by atoms with Crippen molar-refractivity contribution in [2.75, 3.05) is 0 Å². The van der Waals surface area contributed by atoms with Crippen LogP contribution in [0.15, 0.2) is 103 Å². The van der Waals surface area contributed by atoms with Crippen LogP contribution in [0, 0.1) is 0 Å². The fourth-order valence-corrected chi connectivity index (χ4v) is 4.93. The van der Waals surface area contributed by atoms with Crippen molar-refractivity contribution in [2.45, 2.75) is 0 Å². The average molecular weight is 383 g/mol. The van der Waals surface area contributed by atoms with Gasteiger partial charge in [-0.2, -0.15) is 0 Å². The Morgan fingerprint density at radius 1 is 0.533 bits per heavy atom. The molecule has 2 heterocycles. The summed E-state index contributed by atoms with van der Waals surface area (Å²) in [5.74, 6) is 1.88. The van der Waals surface area contributed by atoms with Crippen molar-refractivity contribution in [3.05, 3.63) is 103 Å². The summed E-state index contributed by atoms with van der Waals surface area (Å²) in [4.78, 5) is 0. The van der Waals surface area contributed by atoms with Crippen LogP contribution in [0.25, 0.3) is 49.4 Å². The maximum Gasteiger partial charge on any atom is 0.145 e. The van der Waals surface area contributed by atoms with Gasteiger partial charge in [0, 0.05) is 22.0 Å². The Kier molecular flexibility index (Phi) is 3.03. The molecule has 0 saturated carbocycles. The Morgan fingerprint density at radius 2 is 1.33 bits per heavy atom. The standard InChI is InChI=1S/C28H17NO/c1-2-10-19(11-3-1)29-23-14-5-4-12-22(23)27-24(29)17-16-21-20-13-6-8-18-9-7-15-25(26(18)20)30-28(21)27/h1-17H. The van der Waals surface area contributed by atoms with E-state index in [0.717, 1.165) is 28.3 Å². The summed E-state index contributed by atoms with van der Waals surface area (Å²) < 4.78 is 8.94. The highest BCUT2D eigenvalue weighted by molar-refractivity contribution is 6.17. The molecule has 0 atom stereocenters. The topological polar surface area (TPSA) is 14.2 Å². The Labute approximate surface area is 173 Å². The number of benzene rings is 5. The monoisotopic (exact) mass is 383 g/mol. The molecule has 0 fully saturated rings. The quantitative estimate of drug-likeness (QED) is 0.283. The van der Waals surface area contributed by atoms with Crippen LogP contribution in [-0.2, 0) is 0 Å². The lowest BCUT2D eigenvalue weighted by atomic mass is 9.93. The zero-order valence-corrected chi connectivity index (χ0v) is 16.2. The van der Waals surface area contributed by atoms with E-state index in [2.05, 4.69) is 108 Å². The molecule has 0 unspecified atom stereocenters. The lowest BCUT2D eigenvalue weighted by molar-refractivity contribution is 0.493. The lowest BCUT2D eigenvalue weighted by Crippen LogP contribution is -1.98. The summed E-state index contributed by atoms with van der Waals surface area (Å²) in [6.45, 7) is 0. The Morgan fingerprint density at radius 3 is 2.23 bits per heavy atom. The molecule has 2 heteroatoms. The van der Waals surface area contributed by atoms with Crippen LogP contribution in [0.2, 0.25) is 0 Å². The van der Waals surface area contributed by atoms with Gasteiger partial charge >= 0.3 is 0 Å². The van der Waals surface area contributed by atoms with Gasteiger partial charge in [0.2, 0.25) is 0 Å². The van der Waals surface area contributed by atoms with Gasteiger partial charge < -0.3 is 9.30 Å². The summed E-state index contributed by atoms with van der Waals surface area (Å²) in [6.07, 6.45) is 0. The van der Waals surface area contributed by atoms with Crippen LogP contribution >= 0.6 is 0 Å². The third-order valence-corrected chi connectivity index (χ3v) is 6.17. The minimum Gasteiger partial charge on any atom is -0.455 e. The predicted molar refractivity (Wildman–Crippen MR) is 124 cm³/mol. The molecule has 140 valence electrons. The first-order chi connectivity index (χ1) is 14.9. The SMILES string of the molecule is c1ccc(-n2c3ccccc3c3c4c(ccc32)-c2cccc3cccc(c23)O4)cc1. The molecule has 5 aromatic carbocycles. The fraction of sp³-hybridized carbons (Fsp3) is 0. The van der Waals surface area contributed by atoms with Crippen molar-refractivity contribution in [1.82, 2.24) is 4.57 Å². The van der Waals surface area contributed by atoms with E-state index in [4.69, 9.17) is 4.74 Å². The van der Waals surface area contributed by atoms with Gasteiger partial charge in [0.1, 0.15) is 11.5 Å². The number of nitrogens with zero attached hydrogens (tertiary/aromatic N) is 1. The van der Waals surface area contributed by atoms with Crippen molar-refractivity contribution < 1.29 is 4.74 Å². The molecular formula is C28H17NO. The molecule has 1 aliphatic rings. The second kappa shape index (κ2) is 5.74. The summed E-state index contributed by atoms with van der Waals surface area (Å²) in [7, 11) is 0. The first-order valence-electron chi connectivity index (χ1n) is 10.2. The minimum atomic E-state index is 0.930. The Balaban J connectivity index is 1.66. The zero-order chi connectivity index (χ0) is 19.7. The highest BCUT2D eigenvalue weighted by Crippen LogP contribution is 2.51. The number of para-hydroxylation sites is 2. The molecule has 0 N–H and O–H groups in total. The molecule has 7 rings (SSSR count). The fourth-order valence-electron chi connectivity index (χ4n) is 4.93. The number of aromatic nitrogens is 1. The van der Waals surface area contributed by atoms with Crippen molar-refractivity contribution in [1.29, 1.82) is 0 Å². The predicted octanol–water partition coefficient (Wildman–Crippen LogP) is 7.71. The third-order valence-electron chi connectivity index (χ3n) is 6.17. The van der Waals surface area contributed by atoms with Gasteiger partial charge in [0.25, 0.3) is 0 Å². The molecule has 1 aromatic heterocycles. The van der Waals surface area contributed by atoms with Crippen LogP contribution in [0.1, 0.15) is 0 Å². The minimum absolute atomic E-state index is 0.930. The molecule has 0 saturated heterocycles.